The minimum atomic E-state index is -1.000. The maximum absolute atomic E-state index is 12.6. The molecule has 1 N–H and O–H groups in total. The molecule has 178 valence electrons. The summed E-state index contributed by atoms with van der Waals surface area (Å²) in [6, 6.07) is 11.4. The van der Waals surface area contributed by atoms with Crippen molar-refractivity contribution in [2.24, 2.45) is 0 Å². The summed E-state index contributed by atoms with van der Waals surface area (Å²) in [5.74, 6) is -1.30. The standard InChI is InChI=1S/C24H23NO8S/c1-3-31-19-11-16(12-20-22(27)25(24(30)34-20)13-21(26)32-4-2)7-10-18(19)33-14-15-5-8-17(9-6-15)23(28)29/h5-12H,3-4,13-14H2,1-2H3,(H,28,29)/b20-12+. The number of benzene rings is 2. The second-order valence-corrected chi connectivity index (χ2v) is 8.00. The number of nitrogens with zero attached hydrogens (tertiary/aromatic N) is 1. The summed E-state index contributed by atoms with van der Waals surface area (Å²) in [5.41, 5.74) is 1.59. The summed E-state index contributed by atoms with van der Waals surface area (Å²) in [7, 11) is 0. The van der Waals surface area contributed by atoms with Crippen molar-refractivity contribution in [3.8, 4) is 11.5 Å². The SMILES string of the molecule is CCOC(=O)CN1C(=O)S/C(=C/c2ccc(OCc3ccc(C(=O)O)cc3)c(OCC)c2)C1=O. The maximum Gasteiger partial charge on any atom is 0.335 e. The van der Waals surface area contributed by atoms with E-state index in [1.54, 1.807) is 43.3 Å². The van der Waals surface area contributed by atoms with Gasteiger partial charge in [0.15, 0.2) is 11.5 Å². The lowest BCUT2D eigenvalue weighted by Gasteiger charge is -2.13. The van der Waals surface area contributed by atoms with Crippen LogP contribution in [0.15, 0.2) is 47.4 Å². The fourth-order valence-electron chi connectivity index (χ4n) is 3.03. The van der Waals surface area contributed by atoms with Gasteiger partial charge in [-0.15, -0.1) is 0 Å². The number of hydrogen-bond acceptors (Lipinski definition) is 8. The smallest absolute Gasteiger partial charge is 0.335 e. The first kappa shape index (κ1) is 24.8. The van der Waals surface area contributed by atoms with E-state index in [1.165, 1.54) is 12.1 Å². The van der Waals surface area contributed by atoms with Gasteiger partial charge in [0.05, 0.1) is 23.7 Å². The zero-order valence-corrected chi connectivity index (χ0v) is 19.4. The number of carbonyl (C=O) groups excluding carboxylic acids is 3. The van der Waals surface area contributed by atoms with Crippen molar-refractivity contribution in [1.29, 1.82) is 0 Å². The van der Waals surface area contributed by atoms with Crippen molar-refractivity contribution >= 4 is 40.9 Å². The van der Waals surface area contributed by atoms with Crippen LogP contribution in [-0.4, -0.2) is 52.8 Å². The molecule has 0 atom stereocenters. The van der Waals surface area contributed by atoms with Gasteiger partial charge in [-0.2, -0.15) is 0 Å². The minimum absolute atomic E-state index is 0.160. The van der Waals surface area contributed by atoms with Crippen LogP contribution in [0, 0.1) is 0 Å². The molecule has 0 radical (unpaired) electrons. The Labute approximate surface area is 200 Å². The fourth-order valence-corrected chi connectivity index (χ4v) is 3.87. The lowest BCUT2D eigenvalue weighted by molar-refractivity contribution is -0.145. The normalized spacial score (nSPS) is 14.4. The van der Waals surface area contributed by atoms with E-state index in [4.69, 9.17) is 19.3 Å². The molecule has 1 saturated heterocycles. The number of thioether (sulfide) groups is 1. The molecule has 0 saturated carbocycles. The average molecular weight is 486 g/mol. The molecule has 2 amide bonds. The number of carboxylic acids is 1. The molecule has 0 bridgehead atoms. The fraction of sp³-hybridized carbons (Fsp3) is 0.250. The Hall–Kier alpha value is -3.79. The molecule has 0 spiro atoms. The van der Waals surface area contributed by atoms with Gasteiger partial charge < -0.3 is 19.3 Å². The first-order valence-electron chi connectivity index (χ1n) is 10.4. The van der Waals surface area contributed by atoms with Crippen LogP contribution in [0.4, 0.5) is 4.79 Å². The van der Waals surface area contributed by atoms with Crippen molar-refractivity contribution in [3.05, 3.63) is 64.1 Å². The Bertz CT molecular complexity index is 1130. The Morgan fingerprint density at radius 1 is 1.00 bits per heavy atom. The molecule has 2 aromatic rings. The molecule has 0 unspecified atom stereocenters. The molecule has 1 fully saturated rings. The Morgan fingerprint density at radius 2 is 1.74 bits per heavy atom. The molecule has 0 aliphatic carbocycles. The van der Waals surface area contributed by atoms with Gasteiger partial charge in [0.2, 0.25) is 0 Å². The zero-order valence-electron chi connectivity index (χ0n) is 18.6. The Morgan fingerprint density at radius 3 is 2.38 bits per heavy atom. The van der Waals surface area contributed by atoms with E-state index in [2.05, 4.69) is 0 Å². The van der Waals surface area contributed by atoms with E-state index in [-0.39, 0.29) is 23.7 Å². The maximum atomic E-state index is 12.6. The summed E-state index contributed by atoms with van der Waals surface area (Å²) >= 11 is 0.748. The quantitative estimate of drug-likeness (QED) is 0.394. The van der Waals surface area contributed by atoms with Crippen LogP contribution in [0.5, 0.6) is 11.5 Å². The molecule has 1 aliphatic rings. The molecule has 34 heavy (non-hydrogen) atoms. The highest BCUT2D eigenvalue weighted by atomic mass is 32.2. The number of hydrogen-bond donors (Lipinski definition) is 1. The van der Waals surface area contributed by atoms with Crippen LogP contribution in [0.3, 0.4) is 0 Å². The van der Waals surface area contributed by atoms with Crippen LogP contribution < -0.4 is 9.47 Å². The molecule has 1 aliphatic heterocycles. The topological polar surface area (TPSA) is 119 Å². The van der Waals surface area contributed by atoms with E-state index in [1.807, 2.05) is 6.92 Å². The molecule has 0 aromatic heterocycles. The highest BCUT2D eigenvalue weighted by Gasteiger charge is 2.36. The van der Waals surface area contributed by atoms with Gasteiger partial charge in [-0.05, 0) is 67.1 Å². The third kappa shape index (κ3) is 6.16. The van der Waals surface area contributed by atoms with Gasteiger partial charge in [-0.3, -0.25) is 19.3 Å². The van der Waals surface area contributed by atoms with Gasteiger partial charge in [-0.1, -0.05) is 18.2 Å². The summed E-state index contributed by atoms with van der Waals surface area (Å²) in [6.45, 7) is 3.77. The number of aromatic carboxylic acids is 1. The molecular weight excluding hydrogens is 462 g/mol. The number of rotatable bonds is 10. The van der Waals surface area contributed by atoms with Crippen molar-refractivity contribution < 1.29 is 38.5 Å². The largest absolute Gasteiger partial charge is 0.490 e. The van der Waals surface area contributed by atoms with Gasteiger partial charge >= 0.3 is 11.9 Å². The zero-order chi connectivity index (χ0) is 24.7. The van der Waals surface area contributed by atoms with E-state index < -0.39 is 29.6 Å². The first-order valence-corrected chi connectivity index (χ1v) is 11.3. The monoisotopic (exact) mass is 485 g/mol. The van der Waals surface area contributed by atoms with Crippen LogP contribution >= 0.6 is 11.8 Å². The Balaban J connectivity index is 1.74. The second-order valence-electron chi connectivity index (χ2n) is 7.00. The van der Waals surface area contributed by atoms with Crippen LogP contribution in [0.25, 0.3) is 6.08 Å². The highest BCUT2D eigenvalue weighted by Crippen LogP contribution is 2.35. The molecular formula is C24H23NO8S. The summed E-state index contributed by atoms with van der Waals surface area (Å²) < 4.78 is 16.3. The minimum Gasteiger partial charge on any atom is -0.490 e. The number of ether oxygens (including phenoxy) is 3. The van der Waals surface area contributed by atoms with E-state index in [0.29, 0.717) is 23.7 Å². The first-order chi connectivity index (χ1) is 16.3. The predicted molar refractivity (Wildman–Crippen MR) is 125 cm³/mol. The molecule has 1 heterocycles. The third-order valence-electron chi connectivity index (χ3n) is 4.63. The lowest BCUT2D eigenvalue weighted by atomic mass is 10.1. The lowest BCUT2D eigenvalue weighted by Crippen LogP contribution is -2.34. The van der Waals surface area contributed by atoms with Crippen LogP contribution in [-0.2, 0) is 20.9 Å². The van der Waals surface area contributed by atoms with E-state index in [9.17, 15) is 19.2 Å². The predicted octanol–water partition coefficient (Wildman–Crippen LogP) is 3.96. The second kappa shape index (κ2) is 11.4. The number of esters is 1. The number of amides is 2. The van der Waals surface area contributed by atoms with Gasteiger partial charge in [0.1, 0.15) is 13.2 Å². The molecule has 3 rings (SSSR count). The van der Waals surface area contributed by atoms with E-state index in [0.717, 1.165) is 22.2 Å². The summed E-state index contributed by atoms with van der Waals surface area (Å²) in [6.07, 6.45) is 1.55. The number of imide groups is 1. The molecule has 9 nitrogen and oxygen atoms in total. The van der Waals surface area contributed by atoms with Gasteiger partial charge in [0, 0.05) is 0 Å². The molecule has 10 heteroatoms. The summed E-state index contributed by atoms with van der Waals surface area (Å²) in [4.78, 5) is 48.4. The van der Waals surface area contributed by atoms with Gasteiger partial charge in [0.25, 0.3) is 11.1 Å². The van der Waals surface area contributed by atoms with Crippen molar-refractivity contribution in [1.82, 2.24) is 4.90 Å². The number of carbonyl (C=O) groups is 4. The van der Waals surface area contributed by atoms with Crippen molar-refractivity contribution in [3.63, 3.8) is 0 Å². The Kier molecular flexibility index (Phi) is 8.31. The van der Waals surface area contributed by atoms with E-state index >= 15 is 0 Å². The van der Waals surface area contributed by atoms with Crippen molar-refractivity contribution in [2.75, 3.05) is 19.8 Å². The van der Waals surface area contributed by atoms with Crippen molar-refractivity contribution in [2.45, 2.75) is 20.5 Å². The third-order valence-corrected chi connectivity index (χ3v) is 5.53. The average Bonchev–Trinajstić information content (AvgIpc) is 3.06. The number of carboxylic acid groups (broad SMARTS) is 1. The van der Waals surface area contributed by atoms with Crippen LogP contribution in [0.1, 0.15) is 35.3 Å². The highest BCUT2D eigenvalue weighted by molar-refractivity contribution is 8.18. The van der Waals surface area contributed by atoms with Gasteiger partial charge in [-0.25, -0.2) is 4.79 Å². The summed E-state index contributed by atoms with van der Waals surface area (Å²) in [5, 5.41) is 8.46. The molecule has 2 aromatic carbocycles. The van der Waals surface area contributed by atoms with Crippen LogP contribution in [0.2, 0.25) is 0 Å².